The highest BCUT2D eigenvalue weighted by Crippen LogP contribution is 2.19. The third kappa shape index (κ3) is 7.24. The van der Waals surface area contributed by atoms with Gasteiger partial charge in [0.05, 0.1) is 26.4 Å². The fraction of sp³-hybridized carbons (Fsp3) is 0.476. The van der Waals surface area contributed by atoms with Gasteiger partial charge in [0.25, 0.3) is 0 Å². The second-order valence-electron chi connectivity index (χ2n) is 6.14. The van der Waals surface area contributed by atoms with Gasteiger partial charge in [-0.15, -0.1) is 6.58 Å². The van der Waals surface area contributed by atoms with E-state index in [4.69, 9.17) is 14.2 Å². The summed E-state index contributed by atoms with van der Waals surface area (Å²) in [5, 5.41) is 0. The van der Waals surface area contributed by atoms with E-state index in [0.29, 0.717) is 13.2 Å². The summed E-state index contributed by atoms with van der Waals surface area (Å²) in [6, 6.07) is 10.0. The number of hydrogen-bond acceptors (Lipinski definition) is 4. The van der Waals surface area contributed by atoms with Crippen LogP contribution in [0.2, 0.25) is 0 Å². The highest BCUT2D eigenvalue weighted by Gasteiger charge is 2.29. The van der Waals surface area contributed by atoms with Crippen molar-refractivity contribution in [2.45, 2.75) is 39.6 Å². The van der Waals surface area contributed by atoms with Crippen LogP contribution in [0.3, 0.4) is 0 Å². The number of ether oxygens (including phenoxy) is 3. The highest BCUT2D eigenvalue weighted by atomic mass is 16.6. The lowest BCUT2D eigenvalue weighted by atomic mass is 10.0. The minimum atomic E-state index is -0.666. The molecule has 0 heterocycles. The maximum Gasteiger partial charge on any atom is 0.335 e. The molecule has 4 heteroatoms. The first-order valence-electron chi connectivity index (χ1n) is 8.63. The summed E-state index contributed by atoms with van der Waals surface area (Å²) in [5.74, 6) is -0.404. The van der Waals surface area contributed by atoms with Crippen molar-refractivity contribution < 1.29 is 19.0 Å². The van der Waals surface area contributed by atoms with Crippen LogP contribution in [0.15, 0.2) is 55.1 Å². The molecule has 25 heavy (non-hydrogen) atoms. The van der Waals surface area contributed by atoms with Gasteiger partial charge in [0.15, 0.2) is 6.10 Å². The van der Waals surface area contributed by atoms with E-state index in [1.807, 2.05) is 63.3 Å². The van der Waals surface area contributed by atoms with E-state index in [1.54, 1.807) is 6.08 Å². The lowest BCUT2D eigenvalue weighted by Gasteiger charge is -2.28. The van der Waals surface area contributed by atoms with Gasteiger partial charge < -0.3 is 14.2 Å². The molecule has 0 fully saturated rings. The van der Waals surface area contributed by atoms with E-state index < -0.39 is 6.10 Å². The molecule has 0 N–H and O–H groups in total. The molecule has 0 saturated heterocycles. The number of methoxy groups -OCH3 is 1. The normalized spacial score (nSPS) is 16.2. The fourth-order valence-electron chi connectivity index (χ4n) is 2.54. The molecular weight excluding hydrogens is 316 g/mol. The third-order valence-corrected chi connectivity index (χ3v) is 4.00. The van der Waals surface area contributed by atoms with Gasteiger partial charge in [0.2, 0.25) is 0 Å². The maximum atomic E-state index is 12.1. The molecule has 1 rings (SSSR count). The Morgan fingerprint density at radius 2 is 1.92 bits per heavy atom. The van der Waals surface area contributed by atoms with Crippen molar-refractivity contribution in [1.29, 1.82) is 0 Å². The largest absolute Gasteiger partial charge is 0.467 e. The summed E-state index contributed by atoms with van der Waals surface area (Å²) < 4.78 is 16.7. The molecular formula is C21H30O4. The van der Waals surface area contributed by atoms with Crippen LogP contribution in [0.25, 0.3) is 0 Å². The Morgan fingerprint density at radius 3 is 2.48 bits per heavy atom. The molecule has 0 aromatic heterocycles. The summed E-state index contributed by atoms with van der Waals surface area (Å²) in [6.45, 7) is 10.8. The summed E-state index contributed by atoms with van der Waals surface area (Å²) in [7, 11) is 1.37. The van der Waals surface area contributed by atoms with Crippen molar-refractivity contribution in [2.24, 2.45) is 11.8 Å². The smallest absolute Gasteiger partial charge is 0.335 e. The second-order valence-corrected chi connectivity index (χ2v) is 6.14. The van der Waals surface area contributed by atoms with Crippen LogP contribution in [0.1, 0.15) is 26.3 Å². The highest BCUT2D eigenvalue weighted by molar-refractivity contribution is 5.75. The van der Waals surface area contributed by atoms with Crippen LogP contribution in [0.4, 0.5) is 0 Å². The molecule has 4 atom stereocenters. The van der Waals surface area contributed by atoms with Crippen LogP contribution in [0.5, 0.6) is 0 Å². The van der Waals surface area contributed by atoms with Crippen LogP contribution in [-0.2, 0) is 25.6 Å². The molecule has 138 valence electrons. The minimum absolute atomic E-state index is 0.0613. The zero-order chi connectivity index (χ0) is 18.7. The molecule has 0 aliphatic heterocycles. The van der Waals surface area contributed by atoms with Gasteiger partial charge in [0.1, 0.15) is 0 Å². The Labute approximate surface area is 151 Å². The van der Waals surface area contributed by atoms with Gasteiger partial charge in [-0.3, -0.25) is 0 Å². The maximum absolute atomic E-state index is 12.1. The van der Waals surface area contributed by atoms with E-state index in [9.17, 15) is 4.79 Å². The second kappa shape index (κ2) is 11.6. The molecule has 0 bridgehead atoms. The fourth-order valence-corrected chi connectivity index (χ4v) is 2.54. The molecule has 1 aromatic rings. The van der Waals surface area contributed by atoms with Crippen molar-refractivity contribution in [1.82, 2.24) is 0 Å². The lowest BCUT2D eigenvalue weighted by molar-refractivity contribution is -0.161. The van der Waals surface area contributed by atoms with Gasteiger partial charge in [0, 0.05) is 11.8 Å². The molecule has 0 amide bonds. The Kier molecular flexibility index (Phi) is 9.81. The van der Waals surface area contributed by atoms with Crippen LogP contribution >= 0.6 is 0 Å². The minimum Gasteiger partial charge on any atom is -0.467 e. The quantitative estimate of drug-likeness (QED) is 0.446. The van der Waals surface area contributed by atoms with Gasteiger partial charge >= 0.3 is 5.97 Å². The van der Waals surface area contributed by atoms with E-state index in [2.05, 4.69) is 6.58 Å². The van der Waals surface area contributed by atoms with Crippen molar-refractivity contribution in [3.8, 4) is 0 Å². The molecule has 0 unspecified atom stereocenters. The van der Waals surface area contributed by atoms with Crippen LogP contribution in [-0.4, -0.2) is 31.9 Å². The van der Waals surface area contributed by atoms with Gasteiger partial charge in [-0.1, -0.05) is 62.4 Å². The number of benzene rings is 1. The van der Waals surface area contributed by atoms with Gasteiger partial charge in [-0.05, 0) is 12.5 Å². The molecule has 0 radical (unpaired) electrons. The number of esters is 1. The SMILES string of the molecule is C=C[C@H](O[C@H](C(=O)OC)[C@@H](C)/C=C/C)[C@H](C)COCc1ccccc1. The Balaban J connectivity index is 2.61. The van der Waals surface area contributed by atoms with E-state index in [-0.39, 0.29) is 23.9 Å². The van der Waals surface area contributed by atoms with E-state index >= 15 is 0 Å². The van der Waals surface area contributed by atoms with Gasteiger partial charge in [-0.2, -0.15) is 0 Å². The van der Waals surface area contributed by atoms with Crippen molar-refractivity contribution in [3.63, 3.8) is 0 Å². The van der Waals surface area contributed by atoms with Crippen LogP contribution < -0.4 is 0 Å². The zero-order valence-electron chi connectivity index (χ0n) is 15.7. The average molecular weight is 346 g/mol. The standard InChI is InChI=1S/C21H30O4/c1-6-11-16(3)20(21(22)23-5)25-19(7-2)17(4)14-24-15-18-12-9-8-10-13-18/h6-13,16-17,19-20H,2,14-15H2,1,3-5H3/b11-6+/t16-,17+,19-,20-/m0/s1. The first-order chi connectivity index (χ1) is 12.0. The lowest BCUT2D eigenvalue weighted by Crippen LogP contribution is -2.37. The number of carbonyl (C=O) groups excluding carboxylic acids is 1. The summed E-state index contributed by atoms with van der Waals surface area (Å²) >= 11 is 0. The number of hydrogen-bond donors (Lipinski definition) is 0. The van der Waals surface area contributed by atoms with Crippen molar-refractivity contribution in [3.05, 3.63) is 60.7 Å². The Morgan fingerprint density at radius 1 is 1.24 bits per heavy atom. The zero-order valence-corrected chi connectivity index (χ0v) is 15.7. The topological polar surface area (TPSA) is 44.8 Å². The number of rotatable bonds is 11. The summed E-state index contributed by atoms with van der Waals surface area (Å²) in [4.78, 5) is 12.1. The molecule has 0 aliphatic rings. The van der Waals surface area contributed by atoms with Crippen molar-refractivity contribution >= 4 is 5.97 Å². The summed E-state index contributed by atoms with van der Waals surface area (Å²) in [5.41, 5.74) is 1.12. The van der Waals surface area contributed by atoms with Gasteiger partial charge in [-0.25, -0.2) is 4.79 Å². The number of allylic oxidation sites excluding steroid dienone is 1. The summed E-state index contributed by atoms with van der Waals surface area (Å²) in [6.07, 6.45) is 4.58. The van der Waals surface area contributed by atoms with E-state index in [1.165, 1.54) is 7.11 Å². The molecule has 0 aliphatic carbocycles. The molecule has 1 aromatic carbocycles. The predicted molar refractivity (Wildman–Crippen MR) is 100 cm³/mol. The van der Waals surface area contributed by atoms with Crippen LogP contribution in [0, 0.1) is 11.8 Å². The Bertz CT molecular complexity index is 538. The predicted octanol–water partition coefficient (Wildman–Crippen LogP) is 4.16. The molecule has 4 nitrogen and oxygen atoms in total. The molecule has 0 spiro atoms. The Hall–Kier alpha value is -1.91. The number of carbonyl (C=O) groups is 1. The first kappa shape index (κ1) is 21.1. The monoisotopic (exact) mass is 346 g/mol. The first-order valence-corrected chi connectivity index (χ1v) is 8.63. The van der Waals surface area contributed by atoms with E-state index in [0.717, 1.165) is 5.56 Å². The molecule has 0 saturated carbocycles. The van der Waals surface area contributed by atoms with Crippen molar-refractivity contribution in [2.75, 3.05) is 13.7 Å². The average Bonchev–Trinajstić information content (AvgIpc) is 2.63. The third-order valence-electron chi connectivity index (χ3n) is 4.00.